The zero-order chi connectivity index (χ0) is 10.6. The molecule has 1 rings (SSSR count). The number of nitrogens with one attached hydrogen (secondary N) is 1. The molecule has 1 heterocycles. The number of aliphatic carboxylic acids is 1. The highest BCUT2D eigenvalue weighted by Crippen LogP contribution is 2.04. The zero-order valence-corrected chi connectivity index (χ0v) is 7.73. The van der Waals surface area contributed by atoms with Crippen LogP contribution in [0.3, 0.4) is 0 Å². The largest absolute Gasteiger partial charge is 0.481 e. The molecule has 0 atom stereocenters. The molecule has 0 unspecified atom stereocenters. The minimum Gasteiger partial charge on any atom is -0.481 e. The van der Waals surface area contributed by atoms with Gasteiger partial charge in [0.15, 0.2) is 0 Å². The number of carboxylic acid groups (broad SMARTS) is 1. The van der Waals surface area contributed by atoms with E-state index in [0.29, 0.717) is 5.69 Å². The maximum absolute atomic E-state index is 11.1. The van der Waals surface area contributed by atoms with E-state index >= 15 is 0 Å². The van der Waals surface area contributed by atoms with Crippen molar-refractivity contribution in [3.8, 4) is 0 Å². The molecule has 0 fully saturated rings. The van der Waals surface area contributed by atoms with Gasteiger partial charge in [-0.15, -0.1) is 0 Å². The molecule has 2 N–H and O–H groups in total. The number of aryl methyl sites for hydroxylation is 1. The Labute approximate surface area is 80.5 Å². The second-order valence-electron chi connectivity index (χ2n) is 2.84. The molecule has 14 heavy (non-hydrogen) atoms. The molecule has 1 aromatic rings. The normalized spacial score (nSPS) is 9.79. The Balaban J connectivity index is 2.37. The third kappa shape index (κ3) is 3.26. The Morgan fingerprint density at radius 2 is 2.29 bits per heavy atom. The van der Waals surface area contributed by atoms with E-state index in [1.807, 2.05) is 0 Å². The lowest BCUT2D eigenvalue weighted by Gasteiger charge is -1.99. The summed E-state index contributed by atoms with van der Waals surface area (Å²) in [6.45, 7) is 0. The number of carboxylic acids is 1. The monoisotopic (exact) mass is 197 g/mol. The third-order valence-corrected chi connectivity index (χ3v) is 1.55. The molecule has 0 saturated heterocycles. The Morgan fingerprint density at radius 3 is 2.79 bits per heavy atom. The van der Waals surface area contributed by atoms with Crippen molar-refractivity contribution in [1.82, 2.24) is 9.78 Å². The van der Waals surface area contributed by atoms with Gasteiger partial charge in [0.25, 0.3) is 0 Å². The highest BCUT2D eigenvalue weighted by atomic mass is 16.4. The molecule has 0 aliphatic carbocycles. The van der Waals surface area contributed by atoms with E-state index in [1.54, 1.807) is 17.9 Å². The van der Waals surface area contributed by atoms with E-state index in [-0.39, 0.29) is 18.7 Å². The third-order valence-electron chi connectivity index (χ3n) is 1.55. The van der Waals surface area contributed by atoms with Gasteiger partial charge in [-0.2, -0.15) is 5.10 Å². The Hall–Kier alpha value is -1.85. The lowest BCUT2D eigenvalue weighted by molar-refractivity contribution is -0.138. The van der Waals surface area contributed by atoms with Crippen molar-refractivity contribution in [3.05, 3.63) is 12.4 Å². The van der Waals surface area contributed by atoms with Crippen molar-refractivity contribution in [1.29, 1.82) is 0 Å². The average molecular weight is 197 g/mol. The minimum absolute atomic E-state index is 0.0236. The summed E-state index contributed by atoms with van der Waals surface area (Å²) < 4.78 is 1.55. The van der Waals surface area contributed by atoms with Gasteiger partial charge in [0.2, 0.25) is 5.91 Å². The van der Waals surface area contributed by atoms with Crippen LogP contribution in [0.5, 0.6) is 0 Å². The minimum atomic E-state index is -0.980. The molecule has 6 heteroatoms. The lowest BCUT2D eigenvalue weighted by Crippen LogP contribution is -2.12. The number of carbonyl (C=O) groups excluding carboxylic acids is 1. The number of anilines is 1. The van der Waals surface area contributed by atoms with Crippen LogP contribution in [0.2, 0.25) is 0 Å². The first-order chi connectivity index (χ1) is 6.58. The highest BCUT2D eigenvalue weighted by Gasteiger charge is 2.06. The Kier molecular flexibility index (Phi) is 3.22. The molecule has 1 amide bonds. The maximum atomic E-state index is 11.1. The van der Waals surface area contributed by atoms with E-state index in [4.69, 9.17) is 5.11 Å². The number of carbonyl (C=O) groups is 2. The van der Waals surface area contributed by atoms with Gasteiger partial charge >= 0.3 is 5.97 Å². The fourth-order valence-electron chi connectivity index (χ4n) is 0.930. The van der Waals surface area contributed by atoms with Gasteiger partial charge in [-0.1, -0.05) is 0 Å². The van der Waals surface area contributed by atoms with Crippen molar-refractivity contribution in [3.63, 3.8) is 0 Å². The number of rotatable bonds is 4. The summed E-state index contributed by atoms with van der Waals surface area (Å²) in [6.07, 6.45) is 2.95. The topological polar surface area (TPSA) is 84.2 Å². The predicted octanol–water partition coefficient (Wildman–Crippen LogP) is 0.223. The molecule has 0 aromatic carbocycles. The first kappa shape index (κ1) is 10.2. The van der Waals surface area contributed by atoms with E-state index in [9.17, 15) is 9.59 Å². The van der Waals surface area contributed by atoms with Crippen LogP contribution in [0.4, 0.5) is 5.69 Å². The first-order valence-electron chi connectivity index (χ1n) is 4.08. The Morgan fingerprint density at radius 1 is 1.57 bits per heavy atom. The number of hydrogen-bond donors (Lipinski definition) is 2. The van der Waals surface area contributed by atoms with Crippen molar-refractivity contribution in [2.45, 2.75) is 12.8 Å². The van der Waals surface area contributed by atoms with Gasteiger partial charge in [-0.05, 0) is 0 Å². The SMILES string of the molecule is Cn1cc(NC(=O)CCC(=O)O)cn1. The molecule has 0 aliphatic heterocycles. The van der Waals surface area contributed by atoms with Crippen LogP contribution in [-0.2, 0) is 16.6 Å². The van der Waals surface area contributed by atoms with Crippen LogP contribution < -0.4 is 5.32 Å². The molecule has 0 spiro atoms. The highest BCUT2D eigenvalue weighted by molar-refractivity contribution is 5.92. The summed E-state index contributed by atoms with van der Waals surface area (Å²) in [5.74, 6) is -1.30. The van der Waals surface area contributed by atoms with Crippen LogP contribution in [0.25, 0.3) is 0 Å². The average Bonchev–Trinajstić information content (AvgIpc) is 2.48. The van der Waals surface area contributed by atoms with Crippen molar-refractivity contribution >= 4 is 17.6 Å². The maximum Gasteiger partial charge on any atom is 0.303 e. The van der Waals surface area contributed by atoms with Gasteiger partial charge in [0.05, 0.1) is 18.3 Å². The summed E-state index contributed by atoms with van der Waals surface area (Å²) in [4.78, 5) is 21.3. The standard InChI is InChI=1S/C8H11N3O3/c1-11-5-6(4-9-11)10-7(12)2-3-8(13)14/h4-5H,2-3H2,1H3,(H,10,12)(H,13,14). The van der Waals surface area contributed by atoms with Gasteiger partial charge in [0, 0.05) is 19.7 Å². The van der Waals surface area contributed by atoms with Crippen LogP contribution in [0.1, 0.15) is 12.8 Å². The van der Waals surface area contributed by atoms with E-state index in [0.717, 1.165) is 0 Å². The second-order valence-corrected chi connectivity index (χ2v) is 2.84. The lowest BCUT2D eigenvalue weighted by atomic mass is 10.3. The van der Waals surface area contributed by atoms with Crippen LogP contribution in [0, 0.1) is 0 Å². The van der Waals surface area contributed by atoms with Gasteiger partial charge in [-0.25, -0.2) is 0 Å². The molecule has 6 nitrogen and oxygen atoms in total. The molecule has 0 aliphatic rings. The number of amides is 1. The number of nitrogens with zero attached hydrogens (tertiary/aromatic N) is 2. The summed E-state index contributed by atoms with van der Waals surface area (Å²) in [6, 6.07) is 0. The molecule has 76 valence electrons. The predicted molar refractivity (Wildman–Crippen MR) is 48.7 cm³/mol. The fourth-order valence-corrected chi connectivity index (χ4v) is 0.930. The molecule has 1 aromatic heterocycles. The Bertz CT molecular complexity index is 345. The fraction of sp³-hybridized carbons (Fsp3) is 0.375. The second kappa shape index (κ2) is 4.40. The van der Waals surface area contributed by atoms with E-state index in [2.05, 4.69) is 10.4 Å². The summed E-state index contributed by atoms with van der Waals surface area (Å²) in [7, 11) is 1.73. The first-order valence-corrected chi connectivity index (χ1v) is 4.08. The molecule has 0 bridgehead atoms. The van der Waals surface area contributed by atoms with Gasteiger partial charge < -0.3 is 10.4 Å². The van der Waals surface area contributed by atoms with E-state index < -0.39 is 5.97 Å². The van der Waals surface area contributed by atoms with Crippen molar-refractivity contribution < 1.29 is 14.7 Å². The van der Waals surface area contributed by atoms with Crippen molar-refractivity contribution in [2.24, 2.45) is 7.05 Å². The van der Waals surface area contributed by atoms with Crippen molar-refractivity contribution in [2.75, 3.05) is 5.32 Å². The molecule has 0 saturated carbocycles. The summed E-state index contributed by atoms with van der Waals surface area (Å²) in [5, 5.41) is 14.7. The molecular formula is C8H11N3O3. The van der Waals surface area contributed by atoms with Gasteiger partial charge in [-0.3, -0.25) is 14.3 Å². The van der Waals surface area contributed by atoms with Gasteiger partial charge in [0.1, 0.15) is 0 Å². The number of hydrogen-bond acceptors (Lipinski definition) is 3. The smallest absolute Gasteiger partial charge is 0.303 e. The summed E-state index contributed by atoms with van der Waals surface area (Å²) >= 11 is 0. The van der Waals surface area contributed by atoms with E-state index in [1.165, 1.54) is 6.20 Å². The number of aromatic nitrogens is 2. The molecular weight excluding hydrogens is 186 g/mol. The van der Waals surface area contributed by atoms with Crippen LogP contribution in [0.15, 0.2) is 12.4 Å². The van der Waals surface area contributed by atoms with Crippen LogP contribution in [-0.4, -0.2) is 26.8 Å². The van der Waals surface area contributed by atoms with Crippen LogP contribution >= 0.6 is 0 Å². The summed E-state index contributed by atoms with van der Waals surface area (Å²) in [5.41, 5.74) is 0.572. The molecule has 0 radical (unpaired) electrons. The zero-order valence-electron chi connectivity index (χ0n) is 7.73. The quantitative estimate of drug-likeness (QED) is 0.723.